The third-order valence-electron chi connectivity index (χ3n) is 4.54. The highest BCUT2D eigenvalue weighted by Gasteiger charge is 2.14. The van der Waals surface area contributed by atoms with Crippen molar-refractivity contribution in [2.75, 3.05) is 0 Å². The van der Waals surface area contributed by atoms with E-state index in [0.29, 0.717) is 23.4 Å². The number of primary amides is 1. The van der Waals surface area contributed by atoms with Crippen LogP contribution in [-0.4, -0.2) is 45.3 Å². The van der Waals surface area contributed by atoms with E-state index in [1.54, 1.807) is 27.8 Å². The van der Waals surface area contributed by atoms with E-state index in [-0.39, 0.29) is 0 Å². The molecule has 0 aliphatic carbocycles. The first-order chi connectivity index (χ1) is 13.6. The first-order valence-corrected chi connectivity index (χ1v) is 8.54. The largest absolute Gasteiger partial charge is 0.365 e. The lowest BCUT2D eigenvalue weighted by Gasteiger charge is -2.06. The molecule has 4 aromatic heterocycles. The molecule has 0 aliphatic heterocycles. The molecule has 0 radical (unpaired) electrons. The molecular formula is C18H15N9O. The molecule has 0 unspecified atom stereocenters. The standard InChI is InChI=1S/C18H15N9O/c1-25-9-12(8-21-25)11-2-3-15-16(6-11)27(24-22-15)10-13-7-14(17(19)28)18-20-4-5-26(18)23-13/h2-9H,10H2,1H3,(H2,19,28). The molecule has 5 rings (SSSR count). The first kappa shape index (κ1) is 16.1. The van der Waals surface area contributed by atoms with Crippen LogP contribution >= 0.6 is 0 Å². The van der Waals surface area contributed by atoms with Crippen LogP contribution in [0.25, 0.3) is 27.8 Å². The van der Waals surface area contributed by atoms with E-state index in [2.05, 4.69) is 25.5 Å². The highest BCUT2D eigenvalue weighted by atomic mass is 16.1. The number of hydrogen-bond donors (Lipinski definition) is 1. The van der Waals surface area contributed by atoms with Gasteiger partial charge in [-0.05, 0) is 23.8 Å². The van der Waals surface area contributed by atoms with Crippen LogP contribution in [0.2, 0.25) is 0 Å². The predicted molar refractivity (Wildman–Crippen MR) is 100 cm³/mol. The highest BCUT2D eigenvalue weighted by Crippen LogP contribution is 2.23. The van der Waals surface area contributed by atoms with Gasteiger partial charge in [-0.1, -0.05) is 11.3 Å². The van der Waals surface area contributed by atoms with Crippen molar-refractivity contribution in [2.45, 2.75) is 6.54 Å². The lowest BCUT2D eigenvalue weighted by atomic mass is 10.1. The van der Waals surface area contributed by atoms with Crippen molar-refractivity contribution in [1.29, 1.82) is 0 Å². The summed E-state index contributed by atoms with van der Waals surface area (Å²) in [5.74, 6) is -0.554. The minimum Gasteiger partial charge on any atom is -0.365 e. The molecule has 5 aromatic rings. The Labute approximate surface area is 158 Å². The second-order valence-corrected chi connectivity index (χ2v) is 6.46. The van der Waals surface area contributed by atoms with Crippen molar-refractivity contribution in [3.8, 4) is 11.1 Å². The van der Waals surface area contributed by atoms with Gasteiger partial charge in [-0.15, -0.1) is 5.10 Å². The minimum atomic E-state index is -0.554. The number of carbonyl (C=O) groups is 1. The molecule has 4 heterocycles. The summed E-state index contributed by atoms with van der Waals surface area (Å²) in [7, 11) is 1.88. The average Bonchev–Trinajstić information content (AvgIpc) is 3.40. The van der Waals surface area contributed by atoms with Crippen LogP contribution in [0.4, 0.5) is 0 Å². The van der Waals surface area contributed by atoms with E-state index in [1.165, 1.54) is 4.52 Å². The Kier molecular flexibility index (Phi) is 3.44. The van der Waals surface area contributed by atoms with Gasteiger partial charge in [0.1, 0.15) is 5.52 Å². The molecule has 28 heavy (non-hydrogen) atoms. The van der Waals surface area contributed by atoms with Crippen LogP contribution in [0, 0.1) is 0 Å². The van der Waals surface area contributed by atoms with Gasteiger partial charge in [-0.2, -0.15) is 10.2 Å². The maximum Gasteiger partial charge on any atom is 0.252 e. The van der Waals surface area contributed by atoms with E-state index in [0.717, 1.165) is 22.2 Å². The number of imidazole rings is 1. The molecule has 1 aromatic carbocycles. The molecule has 10 heteroatoms. The molecule has 138 valence electrons. The van der Waals surface area contributed by atoms with Gasteiger partial charge >= 0.3 is 0 Å². The molecule has 0 saturated carbocycles. The van der Waals surface area contributed by atoms with Gasteiger partial charge in [0.05, 0.1) is 29.5 Å². The first-order valence-electron chi connectivity index (χ1n) is 8.54. The Balaban J connectivity index is 1.58. The number of rotatable bonds is 4. The highest BCUT2D eigenvalue weighted by molar-refractivity contribution is 5.98. The maximum absolute atomic E-state index is 11.8. The number of aryl methyl sites for hydroxylation is 1. The van der Waals surface area contributed by atoms with Crippen molar-refractivity contribution in [3.63, 3.8) is 0 Å². The second kappa shape index (κ2) is 5.98. The smallest absolute Gasteiger partial charge is 0.252 e. The summed E-state index contributed by atoms with van der Waals surface area (Å²) in [6.07, 6.45) is 7.00. The molecule has 2 N–H and O–H groups in total. The zero-order chi connectivity index (χ0) is 19.3. The second-order valence-electron chi connectivity index (χ2n) is 6.46. The van der Waals surface area contributed by atoms with Gasteiger partial charge in [0, 0.05) is 31.2 Å². The summed E-state index contributed by atoms with van der Waals surface area (Å²) in [5, 5.41) is 17.2. The van der Waals surface area contributed by atoms with Crippen LogP contribution < -0.4 is 5.73 Å². The number of benzene rings is 1. The number of carbonyl (C=O) groups excluding carboxylic acids is 1. The van der Waals surface area contributed by atoms with E-state index in [9.17, 15) is 4.79 Å². The Morgan fingerprint density at radius 3 is 2.89 bits per heavy atom. The molecule has 0 saturated heterocycles. The van der Waals surface area contributed by atoms with Crippen molar-refractivity contribution < 1.29 is 4.79 Å². The summed E-state index contributed by atoms with van der Waals surface area (Å²) in [6, 6.07) is 7.56. The number of nitrogens with two attached hydrogens (primary N) is 1. The quantitative estimate of drug-likeness (QED) is 0.502. The maximum atomic E-state index is 11.8. The van der Waals surface area contributed by atoms with Crippen molar-refractivity contribution >= 4 is 22.6 Å². The number of nitrogens with zero attached hydrogens (tertiary/aromatic N) is 8. The Hall–Kier alpha value is -4.08. The Morgan fingerprint density at radius 1 is 1.21 bits per heavy atom. The third-order valence-corrected chi connectivity index (χ3v) is 4.54. The molecule has 10 nitrogen and oxygen atoms in total. The van der Waals surface area contributed by atoms with Gasteiger partial charge in [0.25, 0.3) is 5.91 Å². The predicted octanol–water partition coefficient (Wildman–Crippen LogP) is 1.02. The summed E-state index contributed by atoms with van der Waals surface area (Å²) in [5.41, 5.74) is 10.5. The molecular weight excluding hydrogens is 358 g/mol. The molecule has 0 spiro atoms. The van der Waals surface area contributed by atoms with Crippen LogP contribution in [0.3, 0.4) is 0 Å². The summed E-state index contributed by atoms with van der Waals surface area (Å²) in [6.45, 7) is 0.335. The Morgan fingerprint density at radius 2 is 2.11 bits per heavy atom. The van der Waals surface area contributed by atoms with E-state index in [4.69, 9.17) is 5.73 Å². The fourth-order valence-corrected chi connectivity index (χ4v) is 3.21. The monoisotopic (exact) mass is 373 g/mol. The molecule has 1 amide bonds. The number of fused-ring (bicyclic) bond motifs is 2. The van der Waals surface area contributed by atoms with Crippen molar-refractivity contribution in [1.82, 2.24) is 39.4 Å². The zero-order valence-electron chi connectivity index (χ0n) is 14.9. The number of aromatic nitrogens is 8. The molecule has 0 atom stereocenters. The van der Waals surface area contributed by atoms with Crippen LogP contribution in [0.1, 0.15) is 16.1 Å². The lowest BCUT2D eigenvalue weighted by molar-refractivity contribution is 0.100. The summed E-state index contributed by atoms with van der Waals surface area (Å²) in [4.78, 5) is 15.9. The van der Waals surface area contributed by atoms with Gasteiger partial charge in [0.2, 0.25) is 0 Å². The lowest BCUT2D eigenvalue weighted by Crippen LogP contribution is -2.16. The molecule has 0 aliphatic rings. The minimum absolute atomic E-state index is 0.315. The van der Waals surface area contributed by atoms with Crippen LogP contribution in [0.15, 0.2) is 49.1 Å². The normalized spacial score (nSPS) is 11.5. The Bertz CT molecular complexity index is 1340. The van der Waals surface area contributed by atoms with E-state index >= 15 is 0 Å². The van der Waals surface area contributed by atoms with Crippen LogP contribution in [0.5, 0.6) is 0 Å². The summed E-state index contributed by atoms with van der Waals surface area (Å²) < 4.78 is 5.03. The van der Waals surface area contributed by atoms with Gasteiger partial charge < -0.3 is 5.73 Å². The fraction of sp³-hybridized carbons (Fsp3) is 0.111. The zero-order valence-corrected chi connectivity index (χ0v) is 14.9. The summed E-state index contributed by atoms with van der Waals surface area (Å²) >= 11 is 0. The molecule has 0 fully saturated rings. The van der Waals surface area contributed by atoms with E-state index in [1.807, 2.05) is 37.6 Å². The third kappa shape index (κ3) is 2.58. The van der Waals surface area contributed by atoms with Gasteiger partial charge in [0.15, 0.2) is 5.65 Å². The molecule has 0 bridgehead atoms. The van der Waals surface area contributed by atoms with Gasteiger partial charge in [-0.25, -0.2) is 14.2 Å². The van der Waals surface area contributed by atoms with Crippen molar-refractivity contribution in [2.24, 2.45) is 12.8 Å². The van der Waals surface area contributed by atoms with Crippen molar-refractivity contribution in [3.05, 3.63) is 60.3 Å². The number of hydrogen-bond acceptors (Lipinski definition) is 6. The van der Waals surface area contributed by atoms with Crippen LogP contribution in [-0.2, 0) is 13.6 Å². The number of amides is 1. The topological polar surface area (TPSA) is 122 Å². The SMILES string of the molecule is Cn1cc(-c2ccc3nnn(Cc4cc(C(N)=O)c5nccn5n4)c3c2)cn1. The van der Waals surface area contributed by atoms with Gasteiger partial charge in [-0.3, -0.25) is 9.48 Å². The average molecular weight is 373 g/mol. The fourth-order valence-electron chi connectivity index (χ4n) is 3.21. The van der Waals surface area contributed by atoms with E-state index < -0.39 is 5.91 Å².